The van der Waals surface area contributed by atoms with Gasteiger partial charge in [-0.1, -0.05) is 28.1 Å². The Labute approximate surface area is 89.2 Å². The minimum absolute atomic E-state index is 0.878. The average molecular weight is 291 g/mol. The predicted octanol–water partition coefficient (Wildman–Crippen LogP) is 3.64. The van der Waals surface area contributed by atoms with E-state index >= 15 is 0 Å². The van der Waals surface area contributed by atoms with Crippen molar-refractivity contribution < 1.29 is 0 Å². The van der Waals surface area contributed by atoms with Crippen LogP contribution in [0.1, 0.15) is 12.0 Å². The van der Waals surface area contributed by atoms with Gasteiger partial charge in [0.25, 0.3) is 0 Å². The molecule has 1 rings (SSSR count). The Kier molecular flexibility index (Phi) is 4.54. The summed E-state index contributed by atoms with van der Waals surface area (Å²) in [5.41, 5.74) is 1.18. The van der Waals surface area contributed by atoms with Crippen molar-refractivity contribution in [3.63, 3.8) is 0 Å². The molecule has 0 aromatic carbocycles. The van der Waals surface area contributed by atoms with Gasteiger partial charge in [0.05, 0.1) is 0 Å². The van der Waals surface area contributed by atoms with Gasteiger partial charge in [-0.05, 0) is 40.0 Å². The van der Waals surface area contributed by atoms with Crippen LogP contribution >= 0.6 is 31.9 Å². The van der Waals surface area contributed by atoms with Crippen LogP contribution in [-0.4, -0.2) is 10.3 Å². The monoisotopic (exact) mass is 289 g/mol. The lowest BCUT2D eigenvalue weighted by Gasteiger charge is -1.92. The molecule has 0 saturated heterocycles. The van der Waals surface area contributed by atoms with E-state index in [0.29, 0.717) is 0 Å². The summed E-state index contributed by atoms with van der Waals surface area (Å²) in [6.07, 6.45) is 7.07. The largest absolute Gasteiger partial charge is 0.249 e. The van der Waals surface area contributed by atoms with Gasteiger partial charge in [-0.25, -0.2) is 4.98 Å². The molecule has 0 N–H and O–H groups in total. The maximum atomic E-state index is 4.04. The van der Waals surface area contributed by atoms with Crippen molar-refractivity contribution >= 4 is 37.9 Å². The van der Waals surface area contributed by atoms with Gasteiger partial charge in [-0.3, -0.25) is 0 Å². The van der Waals surface area contributed by atoms with E-state index in [1.165, 1.54) is 5.56 Å². The van der Waals surface area contributed by atoms with E-state index in [9.17, 15) is 0 Å². The maximum absolute atomic E-state index is 4.04. The van der Waals surface area contributed by atoms with Crippen LogP contribution in [0.5, 0.6) is 0 Å². The van der Waals surface area contributed by atoms with Crippen LogP contribution < -0.4 is 0 Å². The van der Waals surface area contributed by atoms with Crippen LogP contribution in [0, 0.1) is 0 Å². The first-order valence-corrected chi connectivity index (χ1v) is 5.58. The molecule has 0 unspecified atom stereocenters. The molecule has 0 aliphatic rings. The Balaban J connectivity index is 2.63. The first-order chi connectivity index (χ1) is 5.83. The van der Waals surface area contributed by atoms with Crippen LogP contribution in [0.25, 0.3) is 6.08 Å². The second-order valence-corrected chi connectivity index (χ2v) is 3.90. The van der Waals surface area contributed by atoms with Gasteiger partial charge in [0.2, 0.25) is 0 Å². The Morgan fingerprint density at radius 2 is 2.33 bits per heavy atom. The smallest absolute Gasteiger partial charge is 0.106 e. The molecule has 0 radical (unpaired) electrons. The molecule has 0 amide bonds. The van der Waals surface area contributed by atoms with Crippen LogP contribution in [0.2, 0.25) is 0 Å². The number of nitrogens with zero attached hydrogens (tertiary/aromatic N) is 1. The summed E-state index contributed by atoms with van der Waals surface area (Å²) in [6, 6.07) is 3.97. The highest BCUT2D eigenvalue weighted by atomic mass is 79.9. The molecule has 0 aliphatic carbocycles. The van der Waals surface area contributed by atoms with Crippen LogP contribution in [0.3, 0.4) is 0 Å². The lowest BCUT2D eigenvalue weighted by molar-refractivity contribution is 1.25. The molecule has 1 aromatic heterocycles. The first kappa shape index (κ1) is 9.93. The van der Waals surface area contributed by atoms with Gasteiger partial charge < -0.3 is 0 Å². The molecule has 0 spiro atoms. The van der Waals surface area contributed by atoms with Gasteiger partial charge in [-0.15, -0.1) is 0 Å². The minimum atomic E-state index is 0.878. The van der Waals surface area contributed by atoms with Crippen molar-refractivity contribution in [2.75, 3.05) is 5.33 Å². The minimum Gasteiger partial charge on any atom is -0.249 e. The standard InChI is InChI=1S/C9H9Br2N/c10-5-2-1-3-8-4-6-12-9(11)7-8/h1,3-4,6-7H,2,5H2. The van der Waals surface area contributed by atoms with Crippen LogP contribution in [0.15, 0.2) is 29.0 Å². The quantitative estimate of drug-likeness (QED) is 0.612. The molecule has 12 heavy (non-hydrogen) atoms. The highest BCUT2D eigenvalue weighted by Crippen LogP contribution is 2.09. The molecule has 3 heteroatoms. The van der Waals surface area contributed by atoms with Crippen molar-refractivity contribution in [3.05, 3.63) is 34.6 Å². The molecule has 0 fully saturated rings. The first-order valence-electron chi connectivity index (χ1n) is 3.67. The molecule has 0 atom stereocenters. The second kappa shape index (κ2) is 5.49. The molecule has 0 bridgehead atoms. The highest BCUT2D eigenvalue weighted by Gasteiger charge is 1.88. The zero-order valence-corrected chi connectivity index (χ0v) is 9.68. The van der Waals surface area contributed by atoms with Crippen LogP contribution in [-0.2, 0) is 0 Å². The van der Waals surface area contributed by atoms with Gasteiger partial charge in [0, 0.05) is 11.5 Å². The SMILES string of the molecule is BrCCC=Cc1ccnc(Br)c1. The van der Waals surface area contributed by atoms with E-state index in [-0.39, 0.29) is 0 Å². The van der Waals surface area contributed by atoms with E-state index in [1.807, 2.05) is 12.1 Å². The van der Waals surface area contributed by atoms with E-state index in [4.69, 9.17) is 0 Å². The van der Waals surface area contributed by atoms with E-state index in [1.54, 1.807) is 6.20 Å². The highest BCUT2D eigenvalue weighted by molar-refractivity contribution is 9.10. The van der Waals surface area contributed by atoms with E-state index < -0.39 is 0 Å². The molecular formula is C9H9Br2N. The molecule has 0 aliphatic heterocycles. The number of rotatable bonds is 3. The van der Waals surface area contributed by atoms with Gasteiger partial charge in [0.1, 0.15) is 4.60 Å². The third kappa shape index (κ3) is 3.50. The number of alkyl halides is 1. The number of halogens is 2. The normalized spacial score (nSPS) is 10.8. The molecule has 1 aromatic rings. The number of pyridine rings is 1. The molecular weight excluding hydrogens is 282 g/mol. The number of hydrogen-bond donors (Lipinski definition) is 0. The Bertz CT molecular complexity index is 271. The summed E-state index contributed by atoms with van der Waals surface area (Å²) in [5, 5.41) is 1.01. The summed E-state index contributed by atoms with van der Waals surface area (Å²) in [7, 11) is 0. The Morgan fingerprint density at radius 3 is 3.00 bits per heavy atom. The van der Waals surface area contributed by atoms with Crippen molar-refractivity contribution in [3.8, 4) is 0 Å². The molecule has 64 valence electrons. The Morgan fingerprint density at radius 1 is 1.50 bits per heavy atom. The summed E-state index contributed by atoms with van der Waals surface area (Å²) < 4.78 is 0.878. The zero-order chi connectivity index (χ0) is 8.81. The van der Waals surface area contributed by atoms with Gasteiger partial charge in [0.15, 0.2) is 0 Å². The topological polar surface area (TPSA) is 12.9 Å². The Hall–Kier alpha value is -0.150. The maximum Gasteiger partial charge on any atom is 0.106 e. The van der Waals surface area contributed by atoms with E-state index in [0.717, 1.165) is 16.4 Å². The second-order valence-electron chi connectivity index (χ2n) is 2.29. The van der Waals surface area contributed by atoms with E-state index in [2.05, 4.69) is 49.0 Å². The van der Waals surface area contributed by atoms with Crippen molar-refractivity contribution in [2.45, 2.75) is 6.42 Å². The molecule has 1 heterocycles. The van der Waals surface area contributed by atoms with Crippen molar-refractivity contribution in [2.24, 2.45) is 0 Å². The van der Waals surface area contributed by atoms with Gasteiger partial charge in [-0.2, -0.15) is 0 Å². The number of aromatic nitrogens is 1. The van der Waals surface area contributed by atoms with Crippen LogP contribution in [0.4, 0.5) is 0 Å². The third-order valence-electron chi connectivity index (χ3n) is 1.34. The lowest BCUT2D eigenvalue weighted by atomic mass is 10.2. The van der Waals surface area contributed by atoms with Crippen molar-refractivity contribution in [1.29, 1.82) is 0 Å². The molecule has 1 nitrogen and oxygen atoms in total. The summed E-state index contributed by atoms with van der Waals surface area (Å²) in [5.74, 6) is 0. The fraction of sp³-hybridized carbons (Fsp3) is 0.222. The average Bonchev–Trinajstić information content (AvgIpc) is 2.05. The summed E-state index contributed by atoms with van der Waals surface area (Å²) >= 11 is 6.68. The lowest BCUT2D eigenvalue weighted by Crippen LogP contribution is -1.76. The fourth-order valence-electron chi connectivity index (χ4n) is 0.804. The van der Waals surface area contributed by atoms with Crippen molar-refractivity contribution in [1.82, 2.24) is 4.98 Å². The summed E-state index contributed by atoms with van der Waals surface area (Å²) in [4.78, 5) is 4.04. The van der Waals surface area contributed by atoms with Gasteiger partial charge >= 0.3 is 0 Å². The predicted molar refractivity (Wildman–Crippen MR) is 59.4 cm³/mol. The molecule has 0 saturated carbocycles. The summed E-state index contributed by atoms with van der Waals surface area (Å²) in [6.45, 7) is 0. The number of hydrogen-bond acceptors (Lipinski definition) is 1. The number of allylic oxidation sites excluding steroid dienone is 1. The third-order valence-corrected chi connectivity index (χ3v) is 2.23. The zero-order valence-electron chi connectivity index (χ0n) is 6.50. The fourth-order valence-corrected chi connectivity index (χ4v) is 1.45.